The van der Waals surface area contributed by atoms with E-state index in [1.165, 1.54) is 18.2 Å². The van der Waals surface area contributed by atoms with Gasteiger partial charge in [0.1, 0.15) is 0 Å². The number of piperidine rings is 1. The second-order valence-corrected chi connectivity index (χ2v) is 12.5. The summed E-state index contributed by atoms with van der Waals surface area (Å²) in [5.41, 5.74) is 4.56. The van der Waals surface area contributed by atoms with Crippen LogP contribution < -0.4 is 10.2 Å². The van der Waals surface area contributed by atoms with Gasteiger partial charge in [0, 0.05) is 30.1 Å². The van der Waals surface area contributed by atoms with Crippen molar-refractivity contribution in [3.63, 3.8) is 0 Å². The Kier molecular flexibility index (Phi) is 9.08. The number of likely N-dealkylation sites (tertiary alicyclic amines) is 1. The van der Waals surface area contributed by atoms with Gasteiger partial charge in [-0.2, -0.15) is 0 Å². The number of nitrogens with one attached hydrogen (secondary N) is 1. The molecule has 2 amide bonds. The number of hydrogen-bond acceptors (Lipinski definition) is 4. The van der Waals surface area contributed by atoms with E-state index in [4.69, 9.17) is 0 Å². The first-order valence-electron chi connectivity index (χ1n) is 14.3. The number of anilines is 1. The van der Waals surface area contributed by atoms with E-state index in [0.29, 0.717) is 23.6 Å². The number of rotatable bonds is 8. The predicted octanol–water partition coefficient (Wildman–Crippen LogP) is 6.77. The number of carbonyl (C=O) groups excluding carboxylic acids is 2. The molecule has 6 heteroatoms. The van der Waals surface area contributed by atoms with E-state index in [0.717, 1.165) is 65.2 Å². The minimum absolute atomic E-state index is 0.0506. The zero-order chi connectivity index (χ0) is 28.1. The van der Waals surface area contributed by atoms with Crippen LogP contribution in [0.15, 0.2) is 82.6 Å². The van der Waals surface area contributed by atoms with E-state index < -0.39 is 0 Å². The summed E-state index contributed by atoms with van der Waals surface area (Å²) in [6, 6.07) is 23.9. The van der Waals surface area contributed by atoms with Gasteiger partial charge in [-0.1, -0.05) is 85.8 Å². The Morgan fingerprint density at radius 2 is 1.77 bits per heavy atom. The Hall–Kier alpha value is -3.35. The fourth-order valence-corrected chi connectivity index (χ4v) is 6.92. The largest absolute Gasteiger partial charge is 0.352 e. The first-order chi connectivity index (χ1) is 19.4. The van der Waals surface area contributed by atoms with E-state index in [1.54, 1.807) is 0 Å². The average Bonchev–Trinajstić information content (AvgIpc) is 2.93. The molecule has 0 unspecified atom stereocenters. The lowest BCUT2D eigenvalue weighted by molar-refractivity contribution is -0.114. The molecule has 5 rings (SSSR count). The van der Waals surface area contributed by atoms with Crippen LogP contribution in [0, 0.1) is 18.8 Å². The van der Waals surface area contributed by atoms with Gasteiger partial charge in [0.15, 0.2) is 0 Å². The lowest BCUT2D eigenvalue weighted by atomic mass is 9.92. The van der Waals surface area contributed by atoms with Gasteiger partial charge < -0.3 is 15.1 Å². The van der Waals surface area contributed by atoms with Crippen molar-refractivity contribution in [3.8, 4) is 0 Å². The molecular weight excluding hydrogens is 514 g/mol. The number of thioether (sulfide) groups is 1. The van der Waals surface area contributed by atoms with Gasteiger partial charge in [-0.3, -0.25) is 9.59 Å². The fraction of sp³-hybridized carbons (Fsp3) is 0.353. The molecule has 2 atom stereocenters. The maximum atomic E-state index is 13.8. The predicted molar refractivity (Wildman–Crippen MR) is 165 cm³/mol. The number of hydrogen-bond donors (Lipinski definition) is 1. The van der Waals surface area contributed by atoms with Crippen LogP contribution in [0.1, 0.15) is 53.7 Å². The maximum Gasteiger partial charge on any atom is 0.265 e. The van der Waals surface area contributed by atoms with Crippen molar-refractivity contribution in [1.29, 1.82) is 0 Å². The highest BCUT2D eigenvalue weighted by molar-refractivity contribution is 8.04. The molecule has 1 fully saturated rings. The van der Waals surface area contributed by atoms with Crippen molar-refractivity contribution in [3.05, 3.63) is 100.0 Å². The molecule has 5 nitrogen and oxygen atoms in total. The van der Waals surface area contributed by atoms with Crippen LogP contribution in [0.3, 0.4) is 0 Å². The van der Waals surface area contributed by atoms with Crippen molar-refractivity contribution in [1.82, 2.24) is 10.2 Å². The van der Waals surface area contributed by atoms with Crippen molar-refractivity contribution >= 4 is 35.3 Å². The molecule has 2 heterocycles. The lowest BCUT2D eigenvalue weighted by Crippen LogP contribution is -2.40. The number of benzene rings is 3. The Balaban J connectivity index is 1.32. The average molecular weight is 554 g/mol. The number of fused-ring (bicyclic) bond motifs is 1. The van der Waals surface area contributed by atoms with Gasteiger partial charge in [-0.25, -0.2) is 0 Å². The monoisotopic (exact) mass is 553 g/mol. The van der Waals surface area contributed by atoms with E-state index in [9.17, 15) is 9.59 Å². The third-order valence-electron chi connectivity index (χ3n) is 7.59. The molecule has 0 bridgehead atoms. The molecule has 3 aromatic rings. The maximum absolute atomic E-state index is 13.8. The van der Waals surface area contributed by atoms with Crippen molar-refractivity contribution in [2.75, 3.05) is 31.1 Å². The molecule has 0 saturated carbocycles. The van der Waals surface area contributed by atoms with Crippen molar-refractivity contribution in [2.45, 2.75) is 45.1 Å². The summed E-state index contributed by atoms with van der Waals surface area (Å²) in [6.07, 6.45) is 4.18. The quantitative estimate of drug-likeness (QED) is 0.247. The second kappa shape index (κ2) is 12.9. The minimum Gasteiger partial charge on any atom is -0.352 e. The minimum atomic E-state index is -0.0956. The lowest BCUT2D eigenvalue weighted by Gasteiger charge is -2.34. The zero-order valence-corrected chi connectivity index (χ0v) is 24.5. The zero-order valence-electron chi connectivity index (χ0n) is 23.7. The Labute approximate surface area is 242 Å². The van der Waals surface area contributed by atoms with E-state index in [2.05, 4.69) is 43.1 Å². The van der Waals surface area contributed by atoms with Gasteiger partial charge in [-0.15, -0.1) is 0 Å². The molecule has 1 saturated heterocycles. The molecule has 208 valence electrons. The van der Waals surface area contributed by atoms with Gasteiger partial charge in [0.2, 0.25) is 0 Å². The van der Waals surface area contributed by atoms with E-state index in [-0.39, 0.29) is 11.8 Å². The third kappa shape index (κ3) is 7.04. The van der Waals surface area contributed by atoms with E-state index in [1.807, 2.05) is 71.6 Å². The molecule has 2 aliphatic rings. The van der Waals surface area contributed by atoms with Gasteiger partial charge in [0.05, 0.1) is 17.1 Å². The molecule has 40 heavy (non-hydrogen) atoms. The molecular formula is C34H39N3O2S. The Morgan fingerprint density at radius 1 is 1.00 bits per heavy atom. The highest BCUT2D eigenvalue weighted by Crippen LogP contribution is 2.43. The summed E-state index contributed by atoms with van der Waals surface area (Å²) < 4.78 is 0. The summed E-state index contributed by atoms with van der Waals surface area (Å²) in [7, 11) is 0. The summed E-state index contributed by atoms with van der Waals surface area (Å²) in [4.78, 5) is 32.9. The molecule has 0 radical (unpaired) electrons. The summed E-state index contributed by atoms with van der Waals surface area (Å²) >= 11 is 1.47. The number of aryl methyl sites for hydroxylation is 1. The van der Waals surface area contributed by atoms with Crippen LogP contribution in [0.2, 0.25) is 0 Å². The Morgan fingerprint density at radius 3 is 2.52 bits per heavy atom. The standard InChI is InChI=1S/C34H39N3O2S/c1-24-9-7-12-28(18-24)23-37-30-20-29(33(38)35-15-8-16-36-21-25(2)17-26(3)22-36)13-14-31(30)40-32(34(37)39)19-27-10-5-4-6-11-27/h4-7,9-14,18-20,25-26H,8,15-17,21-23H2,1-3H3,(H,35,38)/b32-19-/t25-,26+. The third-order valence-corrected chi connectivity index (χ3v) is 8.67. The van der Waals surface area contributed by atoms with Crippen molar-refractivity contribution in [2.24, 2.45) is 11.8 Å². The molecule has 1 N–H and O–H groups in total. The van der Waals surface area contributed by atoms with E-state index >= 15 is 0 Å². The smallest absolute Gasteiger partial charge is 0.265 e. The number of carbonyl (C=O) groups is 2. The molecule has 0 aromatic heterocycles. The molecule has 0 spiro atoms. The first kappa shape index (κ1) is 28.2. The summed E-state index contributed by atoms with van der Waals surface area (Å²) in [6.45, 7) is 11.1. The summed E-state index contributed by atoms with van der Waals surface area (Å²) in [5.74, 6) is 1.33. The van der Waals surface area contributed by atoms with Gasteiger partial charge in [-0.05, 0) is 73.5 Å². The SMILES string of the molecule is Cc1cccc(CN2C(=O)/C(=C/c3ccccc3)Sc3ccc(C(=O)NCCCN4C[C@H](C)C[C@H](C)C4)cc32)c1. The highest BCUT2D eigenvalue weighted by atomic mass is 32.2. The highest BCUT2D eigenvalue weighted by Gasteiger charge is 2.30. The topological polar surface area (TPSA) is 52.7 Å². The van der Waals surface area contributed by atoms with Crippen LogP contribution in [0.5, 0.6) is 0 Å². The normalized spacial score (nSPS) is 20.4. The van der Waals surface area contributed by atoms with Crippen LogP contribution in [-0.4, -0.2) is 42.9 Å². The molecule has 2 aliphatic heterocycles. The van der Waals surface area contributed by atoms with Crippen molar-refractivity contribution < 1.29 is 9.59 Å². The fourth-order valence-electron chi connectivity index (χ4n) is 5.88. The van der Waals surface area contributed by atoms with Crippen LogP contribution in [-0.2, 0) is 11.3 Å². The Bertz CT molecular complexity index is 1380. The molecule has 3 aromatic carbocycles. The number of nitrogens with zero attached hydrogens (tertiary/aromatic N) is 2. The van der Waals surface area contributed by atoms with Crippen LogP contribution in [0.4, 0.5) is 5.69 Å². The number of amides is 2. The van der Waals surface area contributed by atoms with Gasteiger partial charge >= 0.3 is 0 Å². The second-order valence-electron chi connectivity index (χ2n) is 11.4. The first-order valence-corrected chi connectivity index (χ1v) is 15.1. The van der Waals surface area contributed by atoms with Crippen LogP contribution in [0.25, 0.3) is 6.08 Å². The van der Waals surface area contributed by atoms with Gasteiger partial charge in [0.25, 0.3) is 11.8 Å². The van der Waals surface area contributed by atoms with Crippen LogP contribution >= 0.6 is 11.8 Å². The molecule has 0 aliphatic carbocycles. The summed E-state index contributed by atoms with van der Waals surface area (Å²) in [5, 5.41) is 3.11.